The van der Waals surface area contributed by atoms with E-state index in [-0.39, 0.29) is 42.6 Å². The molecule has 202 valence electrons. The van der Waals surface area contributed by atoms with Crippen LogP contribution >= 0.6 is 0 Å². The standard InChI is InChI=1S/C28H36F2N2O5/c1-18(2)35-14-12-28(3,4)37-16-15-36-23-10-9-22(29)25(30)24(23)26(33)19-5-7-20(8-6-19)27(34)32-21-11-13-31-17-21/h5-10,18,21,31H,11-17H2,1-4H3,(H,32,34)/t21-/m0/s1. The highest BCUT2D eigenvalue weighted by Gasteiger charge is 2.24. The molecule has 1 amide bonds. The number of halogens is 2. The zero-order chi connectivity index (χ0) is 27.0. The van der Waals surface area contributed by atoms with Crippen molar-refractivity contribution in [2.45, 2.75) is 58.3 Å². The lowest BCUT2D eigenvalue weighted by Gasteiger charge is -2.26. The summed E-state index contributed by atoms with van der Waals surface area (Å²) in [4.78, 5) is 25.6. The van der Waals surface area contributed by atoms with Crippen molar-refractivity contribution < 1.29 is 32.6 Å². The number of benzene rings is 2. The number of ketones is 1. The molecule has 0 bridgehead atoms. The van der Waals surface area contributed by atoms with E-state index in [1.54, 1.807) is 0 Å². The van der Waals surface area contributed by atoms with E-state index in [0.717, 1.165) is 19.0 Å². The van der Waals surface area contributed by atoms with E-state index < -0.39 is 28.6 Å². The van der Waals surface area contributed by atoms with E-state index in [1.165, 1.54) is 30.3 Å². The van der Waals surface area contributed by atoms with Gasteiger partial charge >= 0.3 is 0 Å². The highest BCUT2D eigenvalue weighted by Crippen LogP contribution is 2.27. The van der Waals surface area contributed by atoms with Gasteiger partial charge in [-0.25, -0.2) is 8.78 Å². The summed E-state index contributed by atoms with van der Waals surface area (Å²) in [5.41, 5.74) is -0.485. The summed E-state index contributed by atoms with van der Waals surface area (Å²) >= 11 is 0. The highest BCUT2D eigenvalue weighted by atomic mass is 19.2. The second kappa shape index (κ2) is 13.1. The summed E-state index contributed by atoms with van der Waals surface area (Å²) in [6.07, 6.45) is 1.65. The van der Waals surface area contributed by atoms with E-state index in [0.29, 0.717) is 25.1 Å². The van der Waals surface area contributed by atoms with Gasteiger partial charge in [-0.1, -0.05) is 12.1 Å². The molecule has 2 N–H and O–H groups in total. The van der Waals surface area contributed by atoms with E-state index >= 15 is 0 Å². The summed E-state index contributed by atoms with van der Waals surface area (Å²) in [5.74, 6) is -3.52. The first kappa shape index (κ1) is 28.7. The molecule has 2 aromatic carbocycles. The van der Waals surface area contributed by atoms with Gasteiger partial charge < -0.3 is 24.8 Å². The third-order valence-corrected chi connectivity index (χ3v) is 6.08. The van der Waals surface area contributed by atoms with Gasteiger partial charge in [-0.15, -0.1) is 0 Å². The first-order chi connectivity index (χ1) is 17.6. The first-order valence-electron chi connectivity index (χ1n) is 12.6. The van der Waals surface area contributed by atoms with Gasteiger partial charge in [0.15, 0.2) is 17.4 Å². The minimum absolute atomic E-state index is 0.0367. The number of carbonyl (C=O) groups excluding carboxylic acids is 2. The number of rotatable bonds is 13. The zero-order valence-electron chi connectivity index (χ0n) is 21.9. The van der Waals surface area contributed by atoms with Crippen LogP contribution in [0.15, 0.2) is 36.4 Å². The monoisotopic (exact) mass is 518 g/mol. The average Bonchev–Trinajstić information content (AvgIpc) is 3.36. The molecule has 1 aliphatic heterocycles. The largest absolute Gasteiger partial charge is 0.490 e. The van der Waals surface area contributed by atoms with Gasteiger partial charge in [-0.2, -0.15) is 0 Å². The number of hydrogen-bond acceptors (Lipinski definition) is 6. The molecule has 0 saturated carbocycles. The molecule has 9 heteroatoms. The summed E-state index contributed by atoms with van der Waals surface area (Å²) in [5, 5.41) is 6.09. The maximum Gasteiger partial charge on any atom is 0.251 e. The molecular formula is C28H36F2N2O5. The quantitative estimate of drug-likeness (QED) is 0.304. The predicted molar refractivity (Wildman–Crippen MR) is 136 cm³/mol. The van der Waals surface area contributed by atoms with Crippen LogP contribution < -0.4 is 15.4 Å². The Kier molecular flexibility index (Phi) is 10.1. The van der Waals surface area contributed by atoms with Crippen LogP contribution in [0.25, 0.3) is 0 Å². The number of ether oxygens (including phenoxy) is 3. The van der Waals surface area contributed by atoms with E-state index in [1.807, 2.05) is 27.7 Å². The Morgan fingerprint density at radius 3 is 2.41 bits per heavy atom. The number of carbonyl (C=O) groups is 2. The molecule has 3 rings (SSSR count). The molecule has 1 atom stereocenters. The second-order valence-electron chi connectivity index (χ2n) is 9.93. The maximum absolute atomic E-state index is 14.7. The van der Waals surface area contributed by atoms with Gasteiger partial charge in [0, 0.05) is 30.3 Å². The summed E-state index contributed by atoms with van der Waals surface area (Å²) < 4.78 is 45.8. The Balaban J connectivity index is 1.63. The number of nitrogens with one attached hydrogen (secondary N) is 2. The number of hydrogen-bond donors (Lipinski definition) is 2. The fraction of sp³-hybridized carbons (Fsp3) is 0.500. The molecule has 0 unspecified atom stereocenters. The van der Waals surface area contributed by atoms with Crippen molar-refractivity contribution >= 4 is 11.7 Å². The molecule has 1 fully saturated rings. The number of amides is 1. The molecule has 1 saturated heterocycles. The summed E-state index contributed by atoms with van der Waals surface area (Å²) in [6.45, 7) is 10.1. The maximum atomic E-state index is 14.7. The van der Waals surface area contributed by atoms with Crippen molar-refractivity contribution in [2.75, 3.05) is 32.9 Å². The van der Waals surface area contributed by atoms with Gasteiger partial charge in [0.1, 0.15) is 17.9 Å². The van der Waals surface area contributed by atoms with Crippen molar-refractivity contribution in [2.24, 2.45) is 0 Å². The van der Waals surface area contributed by atoms with Crippen molar-refractivity contribution in [3.8, 4) is 5.75 Å². The topological polar surface area (TPSA) is 85.9 Å². The SMILES string of the molecule is CC(C)OCCC(C)(C)OCCOc1ccc(F)c(F)c1C(=O)c1ccc(C(=O)N[C@H]2CCNC2)cc1. The third kappa shape index (κ3) is 8.31. The molecule has 1 aliphatic rings. The van der Waals surface area contributed by atoms with Crippen molar-refractivity contribution in [3.05, 3.63) is 64.7 Å². The molecule has 0 aromatic heterocycles. The van der Waals surface area contributed by atoms with Crippen LogP contribution in [0.2, 0.25) is 0 Å². The smallest absolute Gasteiger partial charge is 0.251 e. The van der Waals surface area contributed by atoms with Gasteiger partial charge in [0.05, 0.1) is 18.3 Å². The Bertz CT molecular complexity index is 1070. The van der Waals surface area contributed by atoms with E-state index in [4.69, 9.17) is 14.2 Å². The second-order valence-corrected chi connectivity index (χ2v) is 9.93. The van der Waals surface area contributed by atoms with Crippen molar-refractivity contribution in [3.63, 3.8) is 0 Å². The molecule has 1 heterocycles. The van der Waals surface area contributed by atoms with Gasteiger partial charge in [0.25, 0.3) is 5.91 Å². The minimum Gasteiger partial charge on any atom is -0.490 e. The van der Waals surface area contributed by atoms with E-state index in [9.17, 15) is 18.4 Å². The normalized spacial score (nSPS) is 15.7. The van der Waals surface area contributed by atoms with E-state index in [2.05, 4.69) is 10.6 Å². The Morgan fingerprint density at radius 1 is 1.05 bits per heavy atom. The lowest BCUT2D eigenvalue weighted by Crippen LogP contribution is -2.36. The Hall–Kier alpha value is -2.88. The van der Waals surface area contributed by atoms with Crippen LogP contribution in [0.4, 0.5) is 8.78 Å². The Morgan fingerprint density at radius 2 is 1.76 bits per heavy atom. The van der Waals surface area contributed by atoms with Crippen molar-refractivity contribution in [1.29, 1.82) is 0 Å². The highest BCUT2D eigenvalue weighted by molar-refractivity contribution is 6.11. The molecule has 2 aromatic rings. The van der Waals surface area contributed by atoms with Gasteiger partial charge in [-0.05, 0) is 71.3 Å². The van der Waals surface area contributed by atoms with Crippen molar-refractivity contribution in [1.82, 2.24) is 10.6 Å². The molecular weight excluding hydrogens is 482 g/mol. The average molecular weight is 519 g/mol. The zero-order valence-corrected chi connectivity index (χ0v) is 21.9. The van der Waals surface area contributed by atoms with Crippen LogP contribution in [0.5, 0.6) is 5.75 Å². The molecule has 37 heavy (non-hydrogen) atoms. The fourth-order valence-corrected chi connectivity index (χ4v) is 3.91. The predicted octanol–water partition coefficient (Wildman–Crippen LogP) is 4.28. The molecule has 0 aliphatic carbocycles. The van der Waals surface area contributed by atoms with Crippen LogP contribution in [0.3, 0.4) is 0 Å². The molecule has 0 spiro atoms. The minimum atomic E-state index is -1.29. The molecule has 0 radical (unpaired) electrons. The lowest BCUT2D eigenvalue weighted by atomic mass is 10.00. The van der Waals surface area contributed by atoms with Crippen LogP contribution in [-0.2, 0) is 9.47 Å². The van der Waals surface area contributed by atoms with Gasteiger partial charge in [0.2, 0.25) is 0 Å². The molecule has 7 nitrogen and oxygen atoms in total. The van der Waals surface area contributed by atoms with Crippen LogP contribution in [0, 0.1) is 11.6 Å². The summed E-state index contributed by atoms with van der Waals surface area (Å²) in [7, 11) is 0. The van der Waals surface area contributed by atoms with Crippen LogP contribution in [-0.4, -0.2) is 62.3 Å². The third-order valence-electron chi connectivity index (χ3n) is 6.08. The van der Waals surface area contributed by atoms with Crippen LogP contribution in [0.1, 0.15) is 66.8 Å². The fourth-order valence-electron chi connectivity index (χ4n) is 3.91. The summed E-state index contributed by atoms with van der Waals surface area (Å²) in [6, 6.07) is 8.01. The van der Waals surface area contributed by atoms with Gasteiger partial charge in [-0.3, -0.25) is 9.59 Å². The first-order valence-corrected chi connectivity index (χ1v) is 12.6. The Labute approximate surface area is 216 Å². The lowest BCUT2D eigenvalue weighted by molar-refractivity contribution is -0.0552.